The van der Waals surface area contributed by atoms with Crippen molar-refractivity contribution in [1.29, 1.82) is 0 Å². The summed E-state index contributed by atoms with van der Waals surface area (Å²) in [6.07, 6.45) is 0. The van der Waals surface area contributed by atoms with E-state index in [1.165, 1.54) is 10.4 Å². The Balaban J connectivity index is 2.59. The van der Waals surface area contributed by atoms with Crippen LogP contribution in [-0.4, -0.2) is 61.9 Å². The lowest BCUT2D eigenvalue weighted by Crippen LogP contribution is -2.42. The molecule has 0 unspecified atom stereocenters. The van der Waals surface area contributed by atoms with Crippen LogP contribution in [0.25, 0.3) is 0 Å². The van der Waals surface area contributed by atoms with Crippen LogP contribution in [0.4, 0.5) is 0 Å². The van der Waals surface area contributed by atoms with Gasteiger partial charge in [0.15, 0.2) is 0 Å². The largest absolute Gasteiger partial charge is 0.347 e. The predicted molar refractivity (Wildman–Crippen MR) is 81.3 cm³/mol. The molecule has 0 fully saturated rings. The van der Waals surface area contributed by atoms with E-state index in [0.29, 0.717) is 0 Å². The van der Waals surface area contributed by atoms with Crippen molar-refractivity contribution in [3.05, 3.63) is 21.9 Å². The minimum Gasteiger partial charge on any atom is -0.347 e. The smallest absolute Gasteiger partial charge is 0.239 e. The molecule has 5 heteroatoms. The topological polar surface area (TPSA) is 26.8 Å². The third-order valence-corrected chi connectivity index (χ3v) is 4.04. The number of carbonyl (C=O) groups excluding carboxylic acids is 1. The van der Waals surface area contributed by atoms with Crippen molar-refractivity contribution in [2.75, 3.05) is 35.2 Å². The lowest BCUT2D eigenvalue weighted by Gasteiger charge is -2.25. The molecule has 0 saturated heterocycles. The van der Waals surface area contributed by atoms with E-state index in [4.69, 9.17) is 0 Å². The second-order valence-electron chi connectivity index (χ2n) is 5.48. The lowest BCUT2D eigenvalue weighted by atomic mass is 10.2. The zero-order valence-electron chi connectivity index (χ0n) is 12.8. The maximum absolute atomic E-state index is 11.9. The summed E-state index contributed by atoms with van der Waals surface area (Å²) in [5.41, 5.74) is 1.34. The zero-order chi connectivity index (χ0) is 14.6. The molecule has 1 rings (SSSR count). The molecule has 0 spiro atoms. The third-order valence-electron chi connectivity index (χ3n) is 3.07. The average molecular weight is 283 g/mol. The van der Waals surface area contributed by atoms with E-state index in [1.807, 2.05) is 14.0 Å². The molecular formula is C14H25N3OS. The molecule has 108 valence electrons. The van der Waals surface area contributed by atoms with Gasteiger partial charge in [0.25, 0.3) is 0 Å². The number of hydrogen-bond acceptors (Lipinski definition) is 4. The summed E-state index contributed by atoms with van der Waals surface area (Å²) in [5, 5.41) is 2.20. The number of nitrogens with zero attached hydrogens (tertiary/aromatic N) is 3. The first-order chi connectivity index (χ1) is 8.81. The Bertz CT molecular complexity index is 415. The minimum atomic E-state index is -0.0885. The molecule has 0 aliphatic rings. The number of carbonyl (C=O) groups is 1. The molecule has 0 aliphatic carbocycles. The van der Waals surface area contributed by atoms with Gasteiger partial charge in [-0.05, 0) is 45.1 Å². The predicted octanol–water partition coefficient (Wildman–Crippen LogP) is 1.72. The second kappa shape index (κ2) is 7.03. The van der Waals surface area contributed by atoms with Crippen molar-refractivity contribution < 1.29 is 4.79 Å². The van der Waals surface area contributed by atoms with E-state index in [0.717, 1.165) is 13.1 Å². The molecule has 0 saturated carbocycles. The molecule has 1 aromatic heterocycles. The van der Waals surface area contributed by atoms with Crippen molar-refractivity contribution >= 4 is 17.2 Å². The molecule has 1 amide bonds. The van der Waals surface area contributed by atoms with Crippen LogP contribution in [0.15, 0.2) is 11.4 Å². The van der Waals surface area contributed by atoms with Crippen LogP contribution >= 0.6 is 11.3 Å². The van der Waals surface area contributed by atoms with Gasteiger partial charge in [0.2, 0.25) is 5.91 Å². The molecule has 0 aromatic carbocycles. The lowest BCUT2D eigenvalue weighted by molar-refractivity contribution is -0.133. The summed E-state index contributed by atoms with van der Waals surface area (Å²) in [5.74, 6) is 0.146. The Hall–Kier alpha value is -0.910. The van der Waals surface area contributed by atoms with Crippen LogP contribution in [0.2, 0.25) is 0 Å². The summed E-state index contributed by atoms with van der Waals surface area (Å²) >= 11 is 1.76. The van der Waals surface area contributed by atoms with Gasteiger partial charge in [-0.3, -0.25) is 9.69 Å². The molecule has 4 nitrogen and oxygen atoms in total. The van der Waals surface area contributed by atoms with E-state index in [2.05, 4.69) is 35.3 Å². The highest BCUT2D eigenvalue weighted by molar-refractivity contribution is 7.10. The van der Waals surface area contributed by atoms with E-state index in [1.54, 1.807) is 30.3 Å². The first-order valence-electron chi connectivity index (χ1n) is 6.43. The van der Waals surface area contributed by atoms with Gasteiger partial charge in [0.05, 0.1) is 6.04 Å². The van der Waals surface area contributed by atoms with Crippen molar-refractivity contribution in [1.82, 2.24) is 14.7 Å². The fourth-order valence-corrected chi connectivity index (χ4v) is 2.85. The van der Waals surface area contributed by atoms with Gasteiger partial charge in [-0.2, -0.15) is 0 Å². The Kier molecular flexibility index (Phi) is 5.97. The van der Waals surface area contributed by atoms with Crippen LogP contribution in [0.5, 0.6) is 0 Å². The summed E-state index contributed by atoms with van der Waals surface area (Å²) in [6, 6.07) is 2.14. The number of amides is 1. The normalized spacial score (nSPS) is 13.1. The Morgan fingerprint density at radius 3 is 2.37 bits per heavy atom. The Morgan fingerprint density at radius 1 is 1.21 bits per heavy atom. The molecule has 1 aromatic rings. The molecule has 0 radical (unpaired) electrons. The number of likely N-dealkylation sites (N-methyl/N-ethyl adjacent to an activating group) is 2. The van der Waals surface area contributed by atoms with Gasteiger partial charge >= 0.3 is 0 Å². The fourth-order valence-electron chi connectivity index (χ4n) is 1.90. The second-order valence-corrected chi connectivity index (χ2v) is 6.48. The van der Waals surface area contributed by atoms with E-state index in [9.17, 15) is 4.79 Å². The summed E-state index contributed by atoms with van der Waals surface area (Å²) in [6.45, 7) is 3.74. The molecule has 0 bridgehead atoms. The number of thiophene rings is 1. The van der Waals surface area contributed by atoms with Crippen molar-refractivity contribution in [3.8, 4) is 0 Å². The van der Waals surface area contributed by atoms with Gasteiger partial charge < -0.3 is 9.80 Å². The van der Waals surface area contributed by atoms with Crippen LogP contribution in [0.1, 0.15) is 17.4 Å². The molecule has 1 heterocycles. The fraction of sp³-hybridized carbons (Fsp3) is 0.643. The zero-order valence-corrected chi connectivity index (χ0v) is 13.6. The average Bonchev–Trinajstić information content (AvgIpc) is 2.73. The first-order valence-corrected chi connectivity index (χ1v) is 7.31. The van der Waals surface area contributed by atoms with E-state index < -0.39 is 0 Å². The molecule has 0 aliphatic heterocycles. The summed E-state index contributed by atoms with van der Waals surface area (Å²) in [7, 11) is 9.74. The third kappa shape index (κ3) is 4.93. The molecular weight excluding hydrogens is 258 g/mol. The van der Waals surface area contributed by atoms with Gasteiger partial charge in [-0.15, -0.1) is 11.3 Å². The van der Waals surface area contributed by atoms with E-state index in [-0.39, 0.29) is 11.9 Å². The maximum atomic E-state index is 11.9. The van der Waals surface area contributed by atoms with Crippen LogP contribution in [0, 0.1) is 0 Å². The van der Waals surface area contributed by atoms with E-state index >= 15 is 0 Å². The van der Waals surface area contributed by atoms with Crippen molar-refractivity contribution in [3.63, 3.8) is 0 Å². The van der Waals surface area contributed by atoms with Gasteiger partial charge in [0, 0.05) is 32.1 Å². The Labute approximate surface area is 120 Å². The molecule has 19 heavy (non-hydrogen) atoms. The van der Waals surface area contributed by atoms with Crippen molar-refractivity contribution in [2.24, 2.45) is 0 Å². The molecule has 0 N–H and O–H groups in total. The highest BCUT2D eigenvalue weighted by atomic mass is 32.1. The van der Waals surface area contributed by atoms with Gasteiger partial charge in [0.1, 0.15) is 0 Å². The first kappa shape index (κ1) is 16.1. The van der Waals surface area contributed by atoms with Crippen LogP contribution in [0.3, 0.4) is 0 Å². The quantitative estimate of drug-likeness (QED) is 0.795. The molecule has 1 atom stereocenters. The van der Waals surface area contributed by atoms with Crippen LogP contribution in [-0.2, 0) is 17.9 Å². The monoisotopic (exact) mass is 283 g/mol. The highest BCUT2D eigenvalue weighted by Gasteiger charge is 2.20. The number of rotatable bonds is 6. The number of hydrogen-bond donors (Lipinski definition) is 0. The van der Waals surface area contributed by atoms with Crippen LogP contribution < -0.4 is 0 Å². The maximum Gasteiger partial charge on any atom is 0.239 e. The van der Waals surface area contributed by atoms with Gasteiger partial charge in [-0.25, -0.2) is 0 Å². The summed E-state index contributed by atoms with van der Waals surface area (Å²) < 4.78 is 0. The summed E-state index contributed by atoms with van der Waals surface area (Å²) in [4.78, 5) is 19.1. The standard InChI is InChI=1S/C14H25N3OS/c1-11(14(18)16(4)5)17(6)9-13-7-12(10-19-13)8-15(2)3/h7,10-11H,8-9H2,1-6H3/t11-/m1/s1. The van der Waals surface area contributed by atoms with Crippen molar-refractivity contribution in [2.45, 2.75) is 26.1 Å². The highest BCUT2D eigenvalue weighted by Crippen LogP contribution is 2.18. The Morgan fingerprint density at radius 2 is 1.84 bits per heavy atom. The van der Waals surface area contributed by atoms with Gasteiger partial charge in [-0.1, -0.05) is 0 Å². The minimum absolute atomic E-state index is 0.0885. The SMILES string of the molecule is C[C@H](C(=O)N(C)C)N(C)Cc1cc(CN(C)C)cs1.